The summed E-state index contributed by atoms with van der Waals surface area (Å²) in [6.07, 6.45) is 0. The molecule has 30 heavy (non-hydrogen) atoms. The molecule has 0 N–H and O–H groups in total. The third-order valence-corrected chi connectivity index (χ3v) is 7.03. The van der Waals surface area contributed by atoms with E-state index in [2.05, 4.69) is 128 Å². The van der Waals surface area contributed by atoms with Gasteiger partial charge < -0.3 is 0 Å². The fraction of sp³-hybridized carbons (Fsp3) is 0.200. The Hall–Kier alpha value is -3.12. The molecule has 4 aromatic carbocycles. The van der Waals surface area contributed by atoms with Crippen LogP contribution in [0.15, 0.2) is 121 Å². The lowest BCUT2D eigenvalue weighted by Gasteiger charge is -2.28. The number of hydrogen-bond acceptors (Lipinski definition) is 0. The summed E-state index contributed by atoms with van der Waals surface area (Å²) < 4.78 is 0. The molecule has 4 unspecified atom stereocenters. The summed E-state index contributed by atoms with van der Waals surface area (Å²) >= 11 is 0. The molecule has 0 bridgehead atoms. The highest BCUT2D eigenvalue weighted by molar-refractivity contribution is 5.43. The van der Waals surface area contributed by atoms with E-state index in [0.29, 0.717) is 29.6 Å². The third-order valence-electron chi connectivity index (χ3n) is 7.03. The lowest BCUT2D eigenvalue weighted by molar-refractivity contribution is 0.467. The van der Waals surface area contributed by atoms with Crippen molar-refractivity contribution in [1.82, 2.24) is 0 Å². The van der Waals surface area contributed by atoms with Crippen LogP contribution in [0.3, 0.4) is 0 Å². The van der Waals surface area contributed by atoms with Crippen molar-refractivity contribution in [2.45, 2.75) is 30.6 Å². The van der Waals surface area contributed by atoms with Crippen LogP contribution in [0.4, 0.5) is 0 Å². The predicted octanol–water partition coefficient (Wildman–Crippen LogP) is 7.77. The summed E-state index contributed by atoms with van der Waals surface area (Å²) in [4.78, 5) is 0. The minimum absolute atomic E-state index is 0.441. The van der Waals surface area contributed by atoms with E-state index in [-0.39, 0.29) is 0 Å². The SMILES string of the molecule is CC1C(c2ccccc2)C(c2ccccc2)C(c2ccccc2)C1c1ccccc1. The molecule has 0 heteroatoms. The molecule has 0 heterocycles. The van der Waals surface area contributed by atoms with Gasteiger partial charge in [0.25, 0.3) is 0 Å². The maximum atomic E-state index is 2.47. The quantitative estimate of drug-likeness (QED) is 0.335. The van der Waals surface area contributed by atoms with Crippen molar-refractivity contribution in [3.63, 3.8) is 0 Å². The van der Waals surface area contributed by atoms with Crippen molar-refractivity contribution in [2.75, 3.05) is 0 Å². The van der Waals surface area contributed by atoms with Crippen molar-refractivity contribution in [3.05, 3.63) is 144 Å². The van der Waals surface area contributed by atoms with E-state index in [0.717, 1.165) is 0 Å². The molecule has 0 amide bonds. The average molecular weight is 389 g/mol. The van der Waals surface area contributed by atoms with Crippen LogP contribution in [0.1, 0.15) is 52.8 Å². The van der Waals surface area contributed by atoms with Crippen LogP contribution in [0.25, 0.3) is 0 Å². The highest BCUT2D eigenvalue weighted by atomic mass is 14.5. The maximum Gasteiger partial charge on any atom is -0.00155 e. The van der Waals surface area contributed by atoms with E-state index >= 15 is 0 Å². The number of benzene rings is 4. The van der Waals surface area contributed by atoms with Gasteiger partial charge in [-0.15, -0.1) is 0 Å². The average Bonchev–Trinajstić information content (AvgIpc) is 3.14. The number of rotatable bonds is 4. The van der Waals surface area contributed by atoms with Crippen LogP contribution < -0.4 is 0 Å². The second kappa shape index (κ2) is 8.32. The fourth-order valence-corrected chi connectivity index (χ4v) is 5.88. The second-order valence-corrected chi connectivity index (χ2v) is 8.60. The Balaban J connectivity index is 1.73. The largest absolute Gasteiger partial charge is 0.0622 e. The van der Waals surface area contributed by atoms with E-state index in [9.17, 15) is 0 Å². The molecule has 5 rings (SSSR count). The first-order valence-corrected chi connectivity index (χ1v) is 11.0. The van der Waals surface area contributed by atoms with E-state index in [1.807, 2.05) is 0 Å². The maximum absolute atomic E-state index is 2.47. The van der Waals surface area contributed by atoms with Crippen LogP contribution >= 0.6 is 0 Å². The smallest absolute Gasteiger partial charge is 0.00155 e. The molecule has 4 aromatic rings. The summed E-state index contributed by atoms with van der Waals surface area (Å²) in [7, 11) is 0. The molecule has 0 radical (unpaired) electrons. The summed E-state index contributed by atoms with van der Waals surface area (Å²) in [5, 5.41) is 0. The molecule has 1 aliphatic rings. The second-order valence-electron chi connectivity index (χ2n) is 8.60. The standard InChI is InChI=1S/C30H28/c1-22-27(23-14-6-2-7-15-23)29(25-18-10-4-11-19-25)30(26-20-12-5-13-21-26)28(22)24-16-8-3-9-17-24/h2-22,27-30H,1H3. The van der Waals surface area contributed by atoms with E-state index < -0.39 is 0 Å². The molecule has 0 saturated heterocycles. The Kier molecular flexibility index (Phi) is 5.24. The number of hydrogen-bond donors (Lipinski definition) is 0. The first-order valence-electron chi connectivity index (χ1n) is 11.0. The van der Waals surface area contributed by atoms with E-state index in [1.165, 1.54) is 22.3 Å². The van der Waals surface area contributed by atoms with Gasteiger partial charge >= 0.3 is 0 Å². The minimum Gasteiger partial charge on any atom is -0.0622 e. The van der Waals surface area contributed by atoms with Crippen LogP contribution in [0.2, 0.25) is 0 Å². The van der Waals surface area contributed by atoms with Gasteiger partial charge in [0.1, 0.15) is 0 Å². The summed E-state index contributed by atoms with van der Waals surface area (Å²) in [6.45, 7) is 2.47. The highest BCUT2D eigenvalue weighted by Crippen LogP contribution is 2.63. The first kappa shape index (κ1) is 18.9. The molecular formula is C30H28. The van der Waals surface area contributed by atoms with Gasteiger partial charge in [-0.2, -0.15) is 0 Å². The zero-order valence-electron chi connectivity index (χ0n) is 17.4. The van der Waals surface area contributed by atoms with Gasteiger partial charge in [-0.1, -0.05) is 128 Å². The van der Waals surface area contributed by atoms with Crippen LogP contribution in [-0.4, -0.2) is 0 Å². The van der Waals surface area contributed by atoms with Gasteiger partial charge in [-0.05, 0) is 51.8 Å². The van der Waals surface area contributed by atoms with Gasteiger partial charge in [-0.25, -0.2) is 0 Å². The summed E-state index contributed by atoms with van der Waals surface area (Å²) in [5.74, 6) is 2.37. The van der Waals surface area contributed by atoms with Gasteiger partial charge in [0.15, 0.2) is 0 Å². The predicted molar refractivity (Wildman–Crippen MR) is 126 cm³/mol. The van der Waals surface area contributed by atoms with Gasteiger partial charge in [0.2, 0.25) is 0 Å². The topological polar surface area (TPSA) is 0 Å². The Bertz CT molecular complexity index is 965. The van der Waals surface area contributed by atoms with Gasteiger partial charge in [0, 0.05) is 0 Å². The van der Waals surface area contributed by atoms with E-state index in [4.69, 9.17) is 0 Å². The molecule has 148 valence electrons. The molecule has 0 spiro atoms. The van der Waals surface area contributed by atoms with Crippen molar-refractivity contribution < 1.29 is 0 Å². The van der Waals surface area contributed by atoms with Gasteiger partial charge in [-0.3, -0.25) is 0 Å². The van der Waals surface area contributed by atoms with Crippen molar-refractivity contribution in [3.8, 4) is 0 Å². The summed E-state index contributed by atoms with van der Waals surface area (Å²) in [6, 6.07) is 44.7. The van der Waals surface area contributed by atoms with Crippen molar-refractivity contribution >= 4 is 0 Å². The third kappa shape index (κ3) is 3.37. The van der Waals surface area contributed by atoms with Crippen molar-refractivity contribution in [1.29, 1.82) is 0 Å². The van der Waals surface area contributed by atoms with Crippen LogP contribution in [0.5, 0.6) is 0 Å². The summed E-state index contributed by atoms with van der Waals surface area (Å²) in [5.41, 5.74) is 5.81. The molecular weight excluding hydrogens is 360 g/mol. The van der Waals surface area contributed by atoms with E-state index in [1.54, 1.807) is 0 Å². The molecule has 0 nitrogen and oxygen atoms in total. The minimum atomic E-state index is 0.441. The Morgan fingerprint density at radius 3 is 0.833 bits per heavy atom. The lowest BCUT2D eigenvalue weighted by Crippen LogP contribution is -2.13. The molecule has 0 aliphatic heterocycles. The lowest BCUT2D eigenvalue weighted by atomic mass is 9.75. The molecule has 1 aliphatic carbocycles. The Morgan fingerprint density at radius 1 is 0.333 bits per heavy atom. The molecule has 1 saturated carbocycles. The monoisotopic (exact) mass is 388 g/mol. The van der Waals surface area contributed by atoms with Gasteiger partial charge in [0.05, 0.1) is 0 Å². The van der Waals surface area contributed by atoms with Crippen LogP contribution in [-0.2, 0) is 0 Å². The molecule has 4 atom stereocenters. The molecule has 1 fully saturated rings. The zero-order valence-corrected chi connectivity index (χ0v) is 17.4. The normalized spacial score (nSPS) is 25.8. The fourth-order valence-electron chi connectivity index (χ4n) is 5.88. The Morgan fingerprint density at radius 2 is 0.567 bits per heavy atom. The van der Waals surface area contributed by atoms with Crippen molar-refractivity contribution in [2.24, 2.45) is 5.92 Å². The zero-order chi connectivity index (χ0) is 20.3. The molecule has 0 aromatic heterocycles. The Labute approximate surface area is 180 Å². The first-order chi connectivity index (χ1) is 14.8. The highest BCUT2D eigenvalue weighted by Gasteiger charge is 2.50. The van der Waals surface area contributed by atoms with Crippen LogP contribution in [0, 0.1) is 5.92 Å².